The zero-order valence-electron chi connectivity index (χ0n) is 26.0. The molecule has 3 aromatic carbocycles. The van der Waals surface area contributed by atoms with Crippen molar-refractivity contribution in [2.24, 2.45) is 9.98 Å². The number of amides is 2. The molecular weight excluding hydrogens is 627 g/mol. The summed E-state index contributed by atoms with van der Waals surface area (Å²) in [6.45, 7) is 6.32. The van der Waals surface area contributed by atoms with Crippen molar-refractivity contribution >= 4 is 34.9 Å². The van der Waals surface area contributed by atoms with E-state index < -0.39 is 18.3 Å². The normalized spacial score (nSPS) is 16.7. The van der Waals surface area contributed by atoms with Crippen molar-refractivity contribution in [2.45, 2.75) is 58.4 Å². The molecule has 2 unspecified atom stereocenters. The first kappa shape index (κ1) is 33.4. The number of aliphatic imine (C=N–C) groups is 2. The van der Waals surface area contributed by atoms with Gasteiger partial charge >= 0.3 is 12.4 Å². The number of alkyl halides is 3. The fourth-order valence-electron chi connectivity index (χ4n) is 5.12. The van der Waals surface area contributed by atoms with Crippen LogP contribution >= 0.6 is 11.8 Å². The smallest absolute Gasteiger partial charge is 0.406 e. The van der Waals surface area contributed by atoms with Crippen molar-refractivity contribution < 1.29 is 22.7 Å². The van der Waals surface area contributed by atoms with Gasteiger partial charge in [-0.2, -0.15) is 10.3 Å². The van der Waals surface area contributed by atoms with E-state index in [0.29, 0.717) is 27.8 Å². The van der Waals surface area contributed by atoms with Gasteiger partial charge < -0.3 is 9.64 Å². The quantitative estimate of drug-likeness (QED) is 0.175. The largest absolute Gasteiger partial charge is 0.573 e. The molecule has 1 aromatic heterocycles. The van der Waals surface area contributed by atoms with Gasteiger partial charge in [-0.15, -0.1) is 18.3 Å². The molecule has 0 radical (unpaired) electrons. The standard InChI is InChI=1S/C34H32F3N7O2S/c1-4-5-25-7-6-22(2)18-30(25)44-23(3)16-17-47-33(44)41-32(45)39-20-27(19-38)24-8-10-26(11-9-24)31-40-21-43(42-31)28-12-14-29(15-13-28)46-34(35,36)37/h6-15,18,20-21,23,27H,4-5,16-17H2,1-3H3. The third kappa shape index (κ3) is 8.45. The average molecular weight is 660 g/mol. The van der Waals surface area contributed by atoms with Crippen LogP contribution in [-0.2, 0) is 6.42 Å². The Hall–Kier alpha value is -4.96. The van der Waals surface area contributed by atoms with Gasteiger partial charge in [0.25, 0.3) is 0 Å². The number of hydrogen-bond donors (Lipinski definition) is 0. The van der Waals surface area contributed by atoms with Crippen LogP contribution in [0.15, 0.2) is 83.0 Å². The maximum Gasteiger partial charge on any atom is 0.573 e. The summed E-state index contributed by atoms with van der Waals surface area (Å²) in [5, 5.41) is 14.8. The molecule has 0 bridgehead atoms. The predicted molar refractivity (Wildman–Crippen MR) is 177 cm³/mol. The number of nitriles is 1. The Morgan fingerprint density at radius 3 is 2.60 bits per heavy atom. The summed E-state index contributed by atoms with van der Waals surface area (Å²) in [7, 11) is 0. The fraction of sp³-hybridized carbons (Fsp3) is 0.294. The number of anilines is 1. The number of urea groups is 1. The lowest BCUT2D eigenvalue weighted by molar-refractivity contribution is -0.274. The Morgan fingerprint density at radius 2 is 1.91 bits per heavy atom. The van der Waals surface area contributed by atoms with Gasteiger partial charge in [-0.05, 0) is 73.7 Å². The van der Waals surface area contributed by atoms with Crippen LogP contribution < -0.4 is 9.64 Å². The number of ether oxygens (including phenoxy) is 1. The lowest BCUT2D eigenvalue weighted by Crippen LogP contribution is -2.42. The number of nitrogens with zero attached hydrogens (tertiary/aromatic N) is 7. The minimum Gasteiger partial charge on any atom is -0.406 e. The molecule has 0 N–H and O–H groups in total. The highest BCUT2D eigenvalue weighted by Crippen LogP contribution is 2.33. The van der Waals surface area contributed by atoms with E-state index in [-0.39, 0.29) is 11.8 Å². The van der Waals surface area contributed by atoms with Crippen molar-refractivity contribution in [2.75, 3.05) is 10.7 Å². The lowest BCUT2D eigenvalue weighted by Gasteiger charge is -2.37. The second kappa shape index (κ2) is 14.6. The number of halogens is 3. The van der Waals surface area contributed by atoms with Crippen LogP contribution in [-0.4, -0.2) is 50.3 Å². The molecular formula is C34H32F3N7O2S. The van der Waals surface area contributed by atoms with Crippen LogP contribution in [0.25, 0.3) is 17.1 Å². The molecule has 1 saturated heterocycles. The molecule has 242 valence electrons. The molecule has 1 fully saturated rings. The Bertz CT molecular complexity index is 1810. The van der Waals surface area contributed by atoms with Crippen molar-refractivity contribution in [3.8, 4) is 28.9 Å². The number of amidine groups is 1. The summed E-state index contributed by atoms with van der Waals surface area (Å²) < 4.78 is 42.7. The first-order chi connectivity index (χ1) is 22.5. The monoisotopic (exact) mass is 659 g/mol. The molecule has 5 rings (SSSR count). The molecule has 0 aliphatic carbocycles. The van der Waals surface area contributed by atoms with Crippen LogP contribution in [0.3, 0.4) is 0 Å². The zero-order chi connectivity index (χ0) is 33.6. The summed E-state index contributed by atoms with van der Waals surface area (Å²) in [6, 6.07) is 20.2. The van der Waals surface area contributed by atoms with Crippen LogP contribution in [0.2, 0.25) is 0 Å². The maximum absolute atomic E-state index is 13.0. The minimum absolute atomic E-state index is 0.161. The van der Waals surface area contributed by atoms with Crippen LogP contribution in [0.4, 0.5) is 23.7 Å². The SMILES string of the molecule is CCCc1ccc(C)cc1N1C(=NC(=O)N=CC(C#N)c2ccc(-c3ncn(-c4ccc(OC(F)(F)F)cc4)n3)cc2)SCCC1C. The molecule has 1 aliphatic rings. The van der Waals surface area contributed by atoms with Crippen molar-refractivity contribution in [1.82, 2.24) is 14.8 Å². The maximum atomic E-state index is 13.0. The molecule has 13 heteroatoms. The molecule has 47 heavy (non-hydrogen) atoms. The molecule has 1 aliphatic heterocycles. The lowest BCUT2D eigenvalue weighted by atomic mass is 10.0. The number of rotatable bonds is 8. The second-order valence-corrected chi connectivity index (χ2v) is 12.0. The summed E-state index contributed by atoms with van der Waals surface area (Å²) >= 11 is 1.53. The highest BCUT2D eigenvalue weighted by atomic mass is 32.2. The van der Waals surface area contributed by atoms with Crippen LogP contribution in [0.5, 0.6) is 5.75 Å². The molecule has 2 atom stereocenters. The first-order valence-electron chi connectivity index (χ1n) is 15.0. The van der Waals surface area contributed by atoms with Crippen LogP contribution in [0, 0.1) is 18.3 Å². The third-order valence-corrected chi connectivity index (χ3v) is 8.44. The van der Waals surface area contributed by atoms with E-state index >= 15 is 0 Å². The Labute approximate surface area is 274 Å². The van der Waals surface area contributed by atoms with Gasteiger partial charge in [0.15, 0.2) is 11.0 Å². The number of hydrogen-bond acceptors (Lipinski definition) is 6. The summed E-state index contributed by atoms with van der Waals surface area (Å²) in [6.07, 6.45) is 0.842. The number of carbonyl (C=O) groups excluding carboxylic acids is 1. The van der Waals surface area contributed by atoms with E-state index in [1.807, 2.05) is 6.92 Å². The van der Waals surface area contributed by atoms with Gasteiger partial charge in [-0.25, -0.2) is 19.5 Å². The molecule has 0 spiro atoms. The fourth-order valence-corrected chi connectivity index (χ4v) is 6.32. The zero-order valence-corrected chi connectivity index (χ0v) is 26.8. The van der Waals surface area contributed by atoms with E-state index in [1.54, 1.807) is 24.3 Å². The van der Waals surface area contributed by atoms with E-state index in [4.69, 9.17) is 0 Å². The van der Waals surface area contributed by atoms with E-state index in [9.17, 15) is 23.2 Å². The molecule has 0 saturated carbocycles. The van der Waals surface area contributed by atoms with Gasteiger partial charge in [0.2, 0.25) is 0 Å². The molecule has 4 aromatic rings. The highest BCUT2D eigenvalue weighted by molar-refractivity contribution is 8.14. The highest BCUT2D eigenvalue weighted by Gasteiger charge is 2.31. The minimum atomic E-state index is -4.77. The van der Waals surface area contributed by atoms with E-state index in [1.165, 1.54) is 58.8 Å². The molecule has 2 amide bonds. The summed E-state index contributed by atoms with van der Waals surface area (Å²) in [5.41, 5.74) is 5.17. The van der Waals surface area contributed by atoms with Crippen LogP contribution in [0.1, 0.15) is 49.3 Å². The average Bonchev–Trinajstić information content (AvgIpc) is 3.53. The Kier molecular flexibility index (Phi) is 10.4. The van der Waals surface area contributed by atoms with E-state index in [2.05, 4.69) is 67.8 Å². The first-order valence-corrected chi connectivity index (χ1v) is 16.0. The topological polar surface area (TPSA) is 109 Å². The third-order valence-electron chi connectivity index (χ3n) is 7.45. The van der Waals surface area contributed by atoms with Gasteiger partial charge in [0.05, 0.1) is 11.8 Å². The molecule has 2 heterocycles. The van der Waals surface area contributed by atoms with E-state index in [0.717, 1.165) is 36.3 Å². The number of aromatic nitrogens is 3. The van der Waals surface area contributed by atoms with Gasteiger partial charge in [0, 0.05) is 29.3 Å². The summed E-state index contributed by atoms with van der Waals surface area (Å²) in [4.78, 5) is 27.8. The summed E-state index contributed by atoms with van der Waals surface area (Å²) in [5.74, 6) is 0.0822. The van der Waals surface area contributed by atoms with Crippen molar-refractivity contribution in [1.29, 1.82) is 5.26 Å². The van der Waals surface area contributed by atoms with Crippen molar-refractivity contribution in [3.05, 3.63) is 89.7 Å². The van der Waals surface area contributed by atoms with Gasteiger partial charge in [-0.1, -0.05) is 61.5 Å². The Balaban J connectivity index is 1.28. The Morgan fingerprint density at radius 1 is 1.17 bits per heavy atom. The van der Waals surface area contributed by atoms with Gasteiger partial charge in [0.1, 0.15) is 18.0 Å². The predicted octanol–water partition coefficient (Wildman–Crippen LogP) is 8.28. The number of benzene rings is 3. The van der Waals surface area contributed by atoms with Crippen molar-refractivity contribution in [3.63, 3.8) is 0 Å². The molecule has 9 nitrogen and oxygen atoms in total. The second-order valence-electron chi connectivity index (χ2n) is 11.0. The van der Waals surface area contributed by atoms with Gasteiger partial charge in [-0.3, -0.25) is 0 Å². The number of thioether (sulfide) groups is 1. The number of aryl methyl sites for hydroxylation is 2. The number of carbonyl (C=O) groups is 1.